The third-order valence-electron chi connectivity index (χ3n) is 2.58. The number of carbonyl (C=O) groups excluding carboxylic acids is 1. The lowest BCUT2D eigenvalue weighted by molar-refractivity contribution is 0.199. The quantitative estimate of drug-likeness (QED) is 0.889. The highest BCUT2D eigenvalue weighted by molar-refractivity contribution is 5.84. The minimum atomic E-state index is -0.564. The van der Waals surface area contributed by atoms with E-state index in [0.717, 1.165) is 6.42 Å². The van der Waals surface area contributed by atoms with Gasteiger partial charge in [0.15, 0.2) is 0 Å². The number of rotatable bonds is 3. The van der Waals surface area contributed by atoms with Gasteiger partial charge in [0.05, 0.1) is 0 Å². The van der Waals surface area contributed by atoms with Crippen molar-refractivity contribution in [2.24, 2.45) is 0 Å². The lowest BCUT2D eigenvalue weighted by Gasteiger charge is -2.05. The highest BCUT2D eigenvalue weighted by Gasteiger charge is 2.00. The number of hydrogen-bond acceptors (Lipinski definition) is 2. The van der Waals surface area contributed by atoms with Crippen molar-refractivity contribution >= 4 is 11.8 Å². The number of nitrogens with one attached hydrogen (secondary N) is 1. The van der Waals surface area contributed by atoms with Gasteiger partial charge in [-0.25, -0.2) is 4.79 Å². The third-order valence-corrected chi connectivity index (χ3v) is 2.58. The molecule has 0 unspecified atom stereocenters. The summed E-state index contributed by atoms with van der Waals surface area (Å²) in [5.41, 5.74) is 3.14. The second kappa shape index (κ2) is 5.87. The number of amides is 1. The minimum absolute atomic E-state index is 0.564. The molecule has 0 heterocycles. The fraction of sp³-hybridized carbons (Fsp3) is 0.0667. The van der Waals surface area contributed by atoms with Crippen molar-refractivity contribution in [1.82, 2.24) is 0 Å². The Kier molecular flexibility index (Phi) is 3.97. The van der Waals surface area contributed by atoms with E-state index < -0.39 is 6.09 Å². The average Bonchev–Trinajstić information content (AvgIpc) is 2.42. The molecule has 0 saturated carbocycles. The van der Waals surface area contributed by atoms with E-state index in [1.54, 1.807) is 0 Å². The Morgan fingerprint density at radius 1 is 1.00 bits per heavy atom. The van der Waals surface area contributed by atoms with Crippen LogP contribution in [0.2, 0.25) is 0 Å². The first-order valence-corrected chi connectivity index (χ1v) is 5.64. The molecule has 0 atom stereocenters. The molecule has 1 N–H and O–H groups in total. The van der Waals surface area contributed by atoms with Gasteiger partial charge >= 0.3 is 6.09 Å². The van der Waals surface area contributed by atoms with Crippen LogP contribution < -0.4 is 5.32 Å². The highest BCUT2D eigenvalue weighted by atomic mass is 16.5. The molecule has 1 amide bonds. The van der Waals surface area contributed by atoms with Gasteiger partial charge in [-0.15, -0.1) is 0 Å². The zero-order valence-corrected chi connectivity index (χ0v) is 9.93. The van der Waals surface area contributed by atoms with Crippen molar-refractivity contribution in [1.29, 1.82) is 0 Å². The largest absolute Gasteiger partial charge is 0.446 e. The number of hydrogen-bond donors (Lipinski definition) is 1. The summed E-state index contributed by atoms with van der Waals surface area (Å²) in [7, 11) is 3.04. The van der Waals surface area contributed by atoms with Gasteiger partial charge in [-0.1, -0.05) is 42.5 Å². The van der Waals surface area contributed by atoms with Crippen LogP contribution in [0.15, 0.2) is 54.6 Å². The summed E-state index contributed by atoms with van der Waals surface area (Å²) in [6.07, 6.45) is 0.312. The first-order valence-electron chi connectivity index (χ1n) is 5.64. The van der Waals surface area contributed by atoms with E-state index in [0.29, 0.717) is 5.69 Å². The predicted octanol–water partition coefficient (Wildman–Crippen LogP) is 3.62. The van der Waals surface area contributed by atoms with Gasteiger partial charge in [-0.2, -0.15) is 0 Å². The lowest BCUT2D eigenvalue weighted by Crippen LogP contribution is -2.09. The van der Waals surface area contributed by atoms with Crippen LogP contribution in [-0.2, 0) is 11.2 Å². The fourth-order valence-corrected chi connectivity index (χ4v) is 1.69. The monoisotopic (exact) mass is 240 g/mol. The van der Waals surface area contributed by atoms with Gasteiger partial charge in [0, 0.05) is 5.69 Å². The summed E-state index contributed by atoms with van der Waals surface area (Å²) in [6, 6.07) is 17.9. The van der Waals surface area contributed by atoms with Crippen molar-refractivity contribution in [3.8, 4) is 0 Å². The van der Waals surface area contributed by atoms with E-state index in [1.807, 2.05) is 42.5 Å². The summed E-state index contributed by atoms with van der Waals surface area (Å²) in [4.78, 5) is 11.0. The second-order valence-electron chi connectivity index (χ2n) is 3.92. The molecule has 0 aliphatic heterocycles. The molecule has 0 aliphatic rings. The van der Waals surface area contributed by atoms with Crippen molar-refractivity contribution in [2.45, 2.75) is 6.42 Å². The summed E-state index contributed by atoms with van der Waals surface area (Å²) in [5.74, 6) is 0. The molecule has 0 aliphatic carbocycles. The topological polar surface area (TPSA) is 38.3 Å². The van der Waals surface area contributed by atoms with Crippen LogP contribution in [0, 0.1) is 7.11 Å². The molecule has 0 aromatic heterocycles. The molecule has 1 radical (unpaired) electrons. The molecular formula is C15H14NO2. The van der Waals surface area contributed by atoms with E-state index in [9.17, 15) is 4.79 Å². The molecule has 2 aromatic rings. The van der Waals surface area contributed by atoms with E-state index in [2.05, 4.69) is 29.3 Å². The average molecular weight is 240 g/mol. The molecule has 18 heavy (non-hydrogen) atoms. The van der Waals surface area contributed by atoms with E-state index in [4.69, 9.17) is 0 Å². The normalized spacial score (nSPS) is 9.83. The summed E-state index contributed by atoms with van der Waals surface area (Å²) >= 11 is 0. The van der Waals surface area contributed by atoms with E-state index >= 15 is 0 Å². The molecule has 0 spiro atoms. The third kappa shape index (κ3) is 3.35. The van der Waals surface area contributed by atoms with E-state index in [-0.39, 0.29) is 0 Å². The SMILES string of the molecule is [CH2]OC(=O)Nc1ccc(Cc2ccccc2)cc1. The molecule has 3 heteroatoms. The van der Waals surface area contributed by atoms with E-state index in [1.165, 1.54) is 11.1 Å². The fourth-order valence-electron chi connectivity index (χ4n) is 1.69. The Morgan fingerprint density at radius 2 is 1.61 bits per heavy atom. The Bertz CT molecular complexity index is 506. The molecule has 3 nitrogen and oxygen atoms in total. The van der Waals surface area contributed by atoms with Gasteiger partial charge in [0.25, 0.3) is 0 Å². The molecular weight excluding hydrogens is 226 g/mol. The van der Waals surface area contributed by atoms with Gasteiger partial charge in [0.1, 0.15) is 7.11 Å². The molecule has 0 saturated heterocycles. The van der Waals surface area contributed by atoms with Crippen molar-refractivity contribution in [3.05, 3.63) is 72.8 Å². The molecule has 0 fully saturated rings. The number of carbonyl (C=O) groups is 1. The lowest BCUT2D eigenvalue weighted by atomic mass is 10.1. The first-order chi connectivity index (χ1) is 8.78. The van der Waals surface area contributed by atoms with Crippen LogP contribution in [0.4, 0.5) is 10.5 Å². The van der Waals surface area contributed by atoms with Gasteiger partial charge in [-0.3, -0.25) is 5.32 Å². The smallest absolute Gasteiger partial charge is 0.411 e. The molecule has 0 bridgehead atoms. The molecule has 2 aromatic carbocycles. The van der Waals surface area contributed by atoms with Crippen LogP contribution in [-0.4, -0.2) is 6.09 Å². The van der Waals surface area contributed by atoms with Gasteiger partial charge in [0.2, 0.25) is 0 Å². The zero-order chi connectivity index (χ0) is 12.8. The minimum Gasteiger partial charge on any atom is -0.446 e. The van der Waals surface area contributed by atoms with Crippen molar-refractivity contribution in [2.75, 3.05) is 5.32 Å². The van der Waals surface area contributed by atoms with Crippen LogP contribution in [0.1, 0.15) is 11.1 Å². The molecule has 2 rings (SSSR count). The summed E-state index contributed by atoms with van der Waals surface area (Å²) < 4.78 is 4.28. The number of ether oxygens (including phenoxy) is 1. The number of benzene rings is 2. The summed E-state index contributed by atoms with van der Waals surface area (Å²) in [6.45, 7) is 0. The molecule has 91 valence electrons. The number of anilines is 1. The van der Waals surface area contributed by atoms with Gasteiger partial charge in [-0.05, 0) is 29.7 Å². The standard InChI is InChI=1S/C15H14NO2/c1-18-15(17)16-14-9-7-13(8-10-14)11-12-5-3-2-4-6-12/h2-10H,1,11H2,(H,16,17). The second-order valence-corrected chi connectivity index (χ2v) is 3.92. The maximum atomic E-state index is 11.0. The van der Waals surface area contributed by atoms with Gasteiger partial charge < -0.3 is 4.74 Å². The summed E-state index contributed by atoms with van der Waals surface area (Å²) in [5, 5.41) is 2.56. The Hall–Kier alpha value is -2.29. The Morgan fingerprint density at radius 3 is 2.22 bits per heavy atom. The maximum Gasteiger partial charge on any atom is 0.411 e. The van der Waals surface area contributed by atoms with Crippen molar-refractivity contribution < 1.29 is 9.53 Å². The van der Waals surface area contributed by atoms with Crippen LogP contribution in [0.5, 0.6) is 0 Å². The Balaban J connectivity index is 2.02. The van der Waals surface area contributed by atoms with Crippen molar-refractivity contribution in [3.63, 3.8) is 0 Å². The van der Waals surface area contributed by atoms with Crippen LogP contribution >= 0.6 is 0 Å². The predicted molar refractivity (Wildman–Crippen MR) is 71.2 cm³/mol. The first kappa shape index (κ1) is 12.2. The Labute approximate surface area is 106 Å². The van der Waals surface area contributed by atoms with Crippen LogP contribution in [0.25, 0.3) is 0 Å². The zero-order valence-electron chi connectivity index (χ0n) is 9.93. The maximum absolute atomic E-state index is 11.0. The van der Waals surface area contributed by atoms with Crippen LogP contribution in [0.3, 0.4) is 0 Å². The highest BCUT2D eigenvalue weighted by Crippen LogP contribution is 2.13.